The van der Waals surface area contributed by atoms with Crippen LogP contribution in [0.4, 0.5) is 0 Å². The van der Waals surface area contributed by atoms with Crippen LogP contribution in [0.5, 0.6) is 0 Å². The first kappa shape index (κ1) is 19.7. The molecule has 0 radical (unpaired) electrons. The van der Waals surface area contributed by atoms with Crippen molar-refractivity contribution in [3.05, 3.63) is 22.5 Å². The van der Waals surface area contributed by atoms with E-state index >= 15 is 0 Å². The van der Waals surface area contributed by atoms with E-state index in [1.54, 1.807) is 39.5 Å². The van der Waals surface area contributed by atoms with Crippen LogP contribution in [0, 0.1) is 0 Å². The normalized spacial score (nSPS) is 14.6. The molecule has 24 heavy (non-hydrogen) atoms. The van der Waals surface area contributed by atoms with Crippen LogP contribution < -0.4 is 0 Å². The summed E-state index contributed by atoms with van der Waals surface area (Å²) in [6, 6.07) is 0. The van der Waals surface area contributed by atoms with Gasteiger partial charge in [-0.05, 0) is 34.6 Å². The Morgan fingerprint density at radius 1 is 0.833 bits per heavy atom. The Balaban J connectivity index is 3.22. The highest BCUT2D eigenvalue weighted by atomic mass is 16.5. The molecule has 0 atom stereocenters. The second-order valence-electron chi connectivity index (χ2n) is 5.14. The number of rotatable bonds is 7. The van der Waals surface area contributed by atoms with E-state index < -0.39 is 17.9 Å². The lowest BCUT2D eigenvalue weighted by molar-refractivity contribution is -0.144. The molecule has 7 heteroatoms. The number of esters is 3. The minimum absolute atomic E-state index is 0.0860. The molecule has 0 aliphatic carbocycles. The van der Waals surface area contributed by atoms with Crippen molar-refractivity contribution in [2.75, 3.05) is 26.4 Å². The number of nitrogens with zero attached hydrogens (tertiary/aromatic N) is 1. The second-order valence-corrected chi connectivity index (χ2v) is 5.14. The van der Waals surface area contributed by atoms with E-state index in [9.17, 15) is 14.4 Å². The zero-order valence-corrected chi connectivity index (χ0v) is 14.9. The van der Waals surface area contributed by atoms with E-state index in [0.29, 0.717) is 22.5 Å². The Kier molecular flexibility index (Phi) is 7.48. The van der Waals surface area contributed by atoms with Gasteiger partial charge in [0.25, 0.3) is 0 Å². The van der Waals surface area contributed by atoms with Crippen molar-refractivity contribution in [3.8, 4) is 0 Å². The topological polar surface area (TPSA) is 82.1 Å². The summed E-state index contributed by atoms with van der Waals surface area (Å²) in [5.41, 5.74) is 1.84. The van der Waals surface area contributed by atoms with Gasteiger partial charge in [-0.25, -0.2) is 9.59 Å². The zero-order valence-electron chi connectivity index (χ0n) is 14.9. The van der Waals surface area contributed by atoms with E-state index in [1.807, 2.05) is 0 Å². The summed E-state index contributed by atoms with van der Waals surface area (Å²) in [5, 5.41) is 0. The van der Waals surface area contributed by atoms with Gasteiger partial charge in [0, 0.05) is 17.8 Å². The second kappa shape index (κ2) is 9.10. The van der Waals surface area contributed by atoms with Crippen LogP contribution in [0.1, 0.15) is 41.0 Å². The Bertz CT molecular complexity index is 536. The molecule has 0 saturated carbocycles. The molecule has 0 N–H and O–H groups in total. The fourth-order valence-corrected chi connectivity index (χ4v) is 2.46. The standard InChI is InChI=1S/C17H25NO6/c1-6-22-15(19)10-18-11(4)13(16(20)23-7-2)9-14(12(18)5)17(21)24-8-3/h6-10H2,1-5H3. The van der Waals surface area contributed by atoms with Crippen LogP contribution in [0.3, 0.4) is 0 Å². The van der Waals surface area contributed by atoms with Crippen LogP contribution >= 0.6 is 0 Å². The van der Waals surface area contributed by atoms with Gasteiger partial charge >= 0.3 is 17.9 Å². The molecule has 0 amide bonds. The summed E-state index contributed by atoms with van der Waals surface area (Å²) < 4.78 is 15.1. The molecule has 0 aromatic carbocycles. The summed E-state index contributed by atoms with van der Waals surface area (Å²) in [4.78, 5) is 37.9. The Morgan fingerprint density at radius 3 is 1.62 bits per heavy atom. The lowest BCUT2D eigenvalue weighted by Crippen LogP contribution is -2.35. The van der Waals surface area contributed by atoms with Crippen molar-refractivity contribution >= 4 is 17.9 Å². The minimum atomic E-state index is -0.502. The molecule has 0 aromatic heterocycles. The third kappa shape index (κ3) is 4.59. The predicted molar refractivity (Wildman–Crippen MR) is 86.6 cm³/mol. The third-order valence-corrected chi connectivity index (χ3v) is 3.67. The van der Waals surface area contributed by atoms with Gasteiger partial charge in [-0.15, -0.1) is 0 Å². The molecule has 0 aromatic rings. The van der Waals surface area contributed by atoms with Crippen LogP contribution in [0.2, 0.25) is 0 Å². The maximum atomic E-state index is 12.2. The molecule has 0 fully saturated rings. The van der Waals surface area contributed by atoms with Crippen LogP contribution in [0.25, 0.3) is 0 Å². The van der Waals surface area contributed by atoms with Crippen molar-refractivity contribution in [2.24, 2.45) is 0 Å². The maximum absolute atomic E-state index is 12.2. The highest BCUT2D eigenvalue weighted by Crippen LogP contribution is 2.31. The molecule has 1 rings (SSSR count). The maximum Gasteiger partial charge on any atom is 0.336 e. The summed E-state index contributed by atoms with van der Waals surface area (Å²) in [6.45, 7) is 9.20. The van der Waals surface area contributed by atoms with Gasteiger partial charge in [0.2, 0.25) is 0 Å². The highest BCUT2D eigenvalue weighted by Gasteiger charge is 2.32. The monoisotopic (exact) mass is 339 g/mol. The first-order valence-corrected chi connectivity index (χ1v) is 8.04. The lowest BCUT2D eigenvalue weighted by atomic mass is 9.96. The molecule has 1 aliphatic heterocycles. The van der Waals surface area contributed by atoms with E-state index in [1.165, 1.54) is 0 Å². The Hall–Kier alpha value is -2.31. The summed E-state index contributed by atoms with van der Waals surface area (Å²) in [6.07, 6.45) is 0.120. The number of hydrogen-bond donors (Lipinski definition) is 0. The molecule has 7 nitrogen and oxygen atoms in total. The molecule has 0 saturated heterocycles. The molecule has 1 aliphatic rings. The number of hydrogen-bond acceptors (Lipinski definition) is 7. The number of allylic oxidation sites excluding steroid dienone is 2. The third-order valence-electron chi connectivity index (χ3n) is 3.67. The molecule has 134 valence electrons. The van der Waals surface area contributed by atoms with Gasteiger partial charge in [-0.1, -0.05) is 0 Å². The Labute approximate surface area is 142 Å². The van der Waals surface area contributed by atoms with Crippen molar-refractivity contribution in [3.63, 3.8) is 0 Å². The fraction of sp³-hybridized carbons (Fsp3) is 0.588. The van der Waals surface area contributed by atoms with Gasteiger partial charge in [-0.3, -0.25) is 4.79 Å². The van der Waals surface area contributed by atoms with Crippen molar-refractivity contribution in [1.29, 1.82) is 0 Å². The zero-order chi connectivity index (χ0) is 18.3. The molecule has 0 unspecified atom stereocenters. The number of carbonyl (C=O) groups is 3. The quantitative estimate of drug-likeness (QED) is 0.518. The van der Waals surface area contributed by atoms with Crippen LogP contribution in [0.15, 0.2) is 22.5 Å². The number of ether oxygens (including phenoxy) is 3. The summed E-state index contributed by atoms with van der Waals surface area (Å²) >= 11 is 0. The average molecular weight is 339 g/mol. The highest BCUT2D eigenvalue weighted by molar-refractivity contribution is 5.96. The van der Waals surface area contributed by atoms with Gasteiger partial charge < -0.3 is 19.1 Å². The average Bonchev–Trinajstić information content (AvgIpc) is 2.52. The minimum Gasteiger partial charge on any atom is -0.465 e. The van der Waals surface area contributed by atoms with E-state index in [2.05, 4.69) is 0 Å². The van der Waals surface area contributed by atoms with Crippen molar-refractivity contribution < 1.29 is 28.6 Å². The van der Waals surface area contributed by atoms with Crippen LogP contribution in [-0.4, -0.2) is 49.2 Å². The molecule has 1 heterocycles. The summed E-state index contributed by atoms with van der Waals surface area (Å²) in [5.74, 6) is -1.44. The van der Waals surface area contributed by atoms with E-state index in [-0.39, 0.29) is 32.8 Å². The molecular weight excluding hydrogens is 314 g/mol. The lowest BCUT2D eigenvalue weighted by Gasteiger charge is -2.32. The number of carbonyl (C=O) groups excluding carboxylic acids is 3. The van der Waals surface area contributed by atoms with E-state index in [4.69, 9.17) is 14.2 Å². The largest absolute Gasteiger partial charge is 0.465 e. The SMILES string of the molecule is CCOC(=O)CN1C(C)=C(C(=O)OCC)CC(C(=O)OCC)=C1C. The van der Waals surface area contributed by atoms with Gasteiger partial charge in [-0.2, -0.15) is 0 Å². The van der Waals surface area contributed by atoms with Crippen molar-refractivity contribution in [2.45, 2.75) is 41.0 Å². The molecule has 0 spiro atoms. The van der Waals surface area contributed by atoms with E-state index in [0.717, 1.165) is 0 Å². The Morgan fingerprint density at radius 2 is 1.25 bits per heavy atom. The van der Waals surface area contributed by atoms with Gasteiger partial charge in [0.05, 0.1) is 31.0 Å². The first-order chi connectivity index (χ1) is 11.4. The fourth-order valence-electron chi connectivity index (χ4n) is 2.46. The molecule has 0 bridgehead atoms. The predicted octanol–water partition coefficient (Wildman–Crippen LogP) is 1.93. The smallest absolute Gasteiger partial charge is 0.336 e. The first-order valence-electron chi connectivity index (χ1n) is 8.04. The van der Waals surface area contributed by atoms with Gasteiger partial charge in [0.1, 0.15) is 6.54 Å². The van der Waals surface area contributed by atoms with Crippen molar-refractivity contribution in [1.82, 2.24) is 4.90 Å². The molecular formula is C17H25NO6. The summed E-state index contributed by atoms with van der Waals surface area (Å²) in [7, 11) is 0. The van der Waals surface area contributed by atoms with Crippen LogP contribution in [-0.2, 0) is 28.6 Å². The van der Waals surface area contributed by atoms with Gasteiger partial charge in [0.15, 0.2) is 0 Å².